The quantitative estimate of drug-likeness (QED) is 0.701. The third kappa shape index (κ3) is 1.89. The molecule has 4 heteroatoms. The summed E-state index contributed by atoms with van der Waals surface area (Å²) in [7, 11) is 0. The number of aromatic nitrogens is 3. The van der Waals surface area contributed by atoms with E-state index in [9.17, 15) is 0 Å². The second kappa shape index (κ2) is 4.63. The van der Waals surface area contributed by atoms with Gasteiger partial charge in [0.25, 0.3) is 0 Å². The van der Waals surface area contributed by atoms with Crippen LogP contribution in [0.1, 0.15) is 0 Å². The van der Waals surface area contributed by atoms with E-state index in [0.29, 0.717) is 5.02 Å². The second-order valence-electron chi connectivity index (χ2n) is 3.82. The minimum atomic E-state index is 0.673. The molecule has 0 saturated carbocycles. The maximum absolute atomic E-state index is 6.20. The molecular weight excluding hydrogens is 246 g/mol. The van der Waals surface area contributed by atoms with Crippen molar-refractivity contribution in [1.29, 1.82) is 0 Å². The minimum Gasteiger partial charge on any atom is -0.264 e. The third-order valence-electron chi connectivity index (χ3n) is 2.68. The van der Waals surface area contributed by atoms with Crippen LogP contribution in [-0.2, 0) is 0 Å². The molecule has 0 N–H and O–H groups in total. The fourth-order valence-corrected chi connectivity index (χ4v) is 2.07. The number of pyridine rings is 1. The topological polar surface area (TPSA) is 30.7 Å². The van der Waals surface area contributed by atoms with Gasteiger partial charge in [-0.05, 0) is 30.3 Å². The number of para-hydroxylation sites is 1. The van der Waals surface area contributed by atoms with Crippen molar-refractivity contribution in [3.63, 3.8) is 0 Å². The Bertz CT molecular complexity index is 662. The molecule has 0 aliphatic carbocycles. The van der Waals surface area contributed by atoms with E-state index in [1.807, 2.05) is 53.3 Å². The van der Waals surface area contributed by atoms with Gasteiger partial charge in [-0.1, -0.05) is 23.7 Å². The zero-order valence-electron chi connectivity index (χ0n) is 9.49. The van der Waals surface area contributed by atoms with E-state index in [4.69, 9.17) is 11.6 Å². The molecule has 0 amide bonds. The fraction of sp³-hybridized carbons (Fsp3) is 0. The van der Waals surface area contributed by atoms with Crippen LogP contribution in [0, 0.1) is 0 Å². The highest BCUT2D eigenvalue weighted by atomic mass is 35.5. The Morgan fingerprint density at radius 2 is 1.83 bits per heavy atom. The third-order valence-corrected chi connectivity index (χ3v) is 3.00. The Labute approximate surface area is 110 Å². The van der Waals surface area contributed by atoms with Gasteiger partial charge in [0.1, 0.15) is 0 Å². The molecule has 2 heterocycles. The van der Waals surface area contributed by atoms with Crippen molar-refractivity contribution in [3.05, 3.63) is 66.1 Å². The summed E-state index contributed by atoms with van der Waals surface area (Å²) in [5, 5.41) is 5.00. The summed E-state index contributed by atoms with van der Waals surface area (Å²) in [4.78, 5) is 4.12. The fourth-order valence-electron chi connectivity index (χ4n) is 1.85. The molecule has 0 saturated heterocycles. The molecule has 0 aliphatic heterocycles. The van der Waals surface area contributed by atoms with Gasteiger partial charge in [-0.3, -0.25) is 4.98 Å². The summed E-state index contributed by atoms with van der Waals surface area (Å²) in [5.74, 6) is 0. The molecule has 0 unspecified atom stereocenters. The first-order valence-corrected chi connectivity index (χ1v) is 5.93. The van der Waals surface area contributed by atoms with Crippen LogP contribution in [0.15, 0.2) is 61.1 Å². The van der Waals surface area contributed by atoms with Gasteiger partial charge in [-0.25, -0.2) is 4.68 Å². The van der Waals surface area contributed by atoms with Crippen LogP contribution in [0.2, 0.25) is 5.02 Å². The summed E-state index contributed by atoms with van der Waals surface area (Å²) in [6.07, 6.45) is 5.32. The van der Waals surface area contributed by atoms with E-state index < -0.39 is 0 Å². The molecule has 18 heavy (non-hydrogen) atoms. The van der Waals surface area contributed by atoms with Crippen LogP contribution in [0.3, 0.4) is 0 Å². The molecule has 3 aromatic rings. The highest BCUT2D eigenvalue weighted by Gasteiger charge is 2.09. The molecule has 2 aromatic heterocycles. The van der Waals surface area contributed by atoms with Crippen LogP contribution in [0.4, 0.5) is 0 Å². The van der Waals surface area contributed by atoms with E-state index in [2.05, 4.69) is 10.1 Å². The number of nitrogens with zero attached hydrogens (tertiary/aromatic N) is 3. The average Bonchev–Trinajstić information content (AvgIpc) is 2.89. The molecule has 0 aliphatic rings. The molecular formula is C14H10ClN3. The van der Waals surface area contributed by atoms with Gasteiger partial charge in [0, 0.05) is 18.0 Å². The molecule has 88 valence electrons. The maximum Gasteiger partial charge on any atom is 0.0839 e. The highest BCUT2D eigenvalue weighted by Crippen LogP contribution is 2.25. The molecule has 0 atom stereocenters. The van der Waals surface area contributed by atoms with Crippen LogP contribution in [-0.4, -0.2) is 14.8 Å². The number of hydrogen-bond acceptors (Lipinski definition) is 2. The Kier molecular flexibility index (Phi) is 2.82. The standard InChI is InChI=1S/C14H10ClN3/c15-12-5-1-2-6-14(12)18-13(7-9-17-18)11-4-3-8-16-10-11/h1-10H. The molecule has 0 bridgehead atoms. The molecule has 0 fully saturated rings. The van der Waals surface area contributed by atoms with Gasteiger partial charge in [-0.2, -0.15) is 5.10 Å². The zero-order chi connectivity index (χ0) is 12.4. The normalized spacial score (nSPS) is 10.5. The minimum absolute atomic E-state index is 0.673. The van der Waals surface area contributed by atoms with Crippen molar-refractivity contribution < 1.29 is 0 Å². The van der Waals surface area contributed by atoms with Crippen molar-refractivity contribution in [2.45, 2.75) is 0 Å². The summed E-state index contributed by atoms with van der Waals surface area (Å²) in [6.45, 7) is 0. The predicted molar refractivity (Wildman–Crippen MR) is 71.8 cm³/mol. The van der Waals surface area contributed by atoms with Gasteiger partial charge in [0.15, 0.2) is 0 Å². The van der Waals surface area contributed by atoms with E-state index in [0.717, 1.165) is 16.9 Å². The Morgan fingerprint density at radius 3 is 2.61 bits per heavy atom. The number of benzene rings is 1. The lowest BCUT2D eigenvalue weighted by atomic mass is 10.2. The van der Waals surface area contributed by atoms with Crippen LogP contribution in [0.25, 0.3) is 16.9 Å². The van der Waals surface area contributed by atoms with E-state index in [1.165, 1.54) is 0 Å². The first kappa shape index (κ1) is 11.0. The number of rotatable bonds is 2. The van der Waals surface area contributed by atoms with E-state index in [1.54, 1.807) is 12.4 Å². The molecule has 1 aromatic carbocycles. The van der Waals surface area contributed by atoms with E-state index in [-0.39, 0.29) is 0 Å². The Balaban J connectivity index is 2.16. The van der Waals surface area contributed by atoms with Gasteiger partial charge in [0.05, 0.1) is 22.6 Å². The summed E-state index contributed by atoms with van der Waals surface area (Å²) >= 11 is 6.20. The largest absolute Gasteiger partial charge is 0.264 e. The van der Waals surface area contributed by atoms with Crippen molar-refractivity contribution in [3.8, 4) is 16.9 Å². The molecule has 0 radical (unpaired) electrons. The maximum atomic E-state index is 6.20. The van der Waals surface area contributed by atoms with Crippen molar-refractivity contribution in [2.75, 3.05) is 0 Å². The first-order valence-electron chi connectivity index (χ1n) is 5.55. The monoisotopic (exact) mass is 255 g/mol. The average molecular weight is 256 g/mol. The highest BCUT2D eigenvalue weighted by molar-refractivity contribution is 6.32. The lowest BCUT2D eigenvalue weighted by Gasteiger charge is -2.08. The van der Waals surface area contributed by atoms with Crippen molar-refractivity contribution >= 4 is 11.6 Å². The summed E-state index contributed by atoms with van der Waals surface area (Å²) in [6, 6.07) is 13.5. The van der Waals surface area contributed by atoms with Crippen molar-refractivity contribution in [1.82, 2.24) is 14.8 Å². The second-order valence-corrected chi connectivity index (χ2v) is 4.23. The first-order chi connectivity index (χ1) is 8.86. The number of hydrogen-bond donors (Lipinski definition) is 0. The molecule has 3 rings (SSSR count). The van der Waals surface area contributed by atoms with Crippen LogP contribution >= 0.6 is 11.6 Å². The lowest BCUT2D eigenvalue weighted by molar-refractivity contribution is 0.887. The molecule has 0 spiro atoms. The van der Waals surface area contributed by atoms with Crippen LogP contribution in [0.5, 0.6) is 0 Å². The van der Waals surface area contributed by atoms with Gasteiger partial charge >= 0.3 is 0 Å². The van der Waals surface area contributed by atoms with Crippen LogP contribution < -0.4 is 0 Å². The predicted octanol–water partition coefficient (Wildman–Crippen LogP) is 3.59. The van der Waals surface area contributed by atoms with E-state index >= 15 is 0 Å². The summed E-state index contributed by atoms with van der Waals surface area (Å²) < 4.78 is 1.82. The van der Waals surface area contributed by atoms with Gasteiger partial charge < -0.3 is 0 Å². The summed E-state index contributed by atoms with van der Waals surface area (Å²) in [5.41, 5.74) is 2.84. The van der Waals surface area contributed by atoms with Gasteiger partial charge in [0.2, 0.25) is 0 Å². The zero-order valence-corrected chi connectivity index (χ0v) is 10.2. The Hall–Kier alpha value is -2.13. The number of halogens is 1. The molecule has 3 nitrogen and oxygen atoms in total. The van der Waals surface area contributed by atoms with Gasteiger partial charge in [-0.15, -0.1) is 0 Å². The Morgan fingerprint density at radius 1 is 0.944 bits per heavy atom. The van der Waals surface area contributed by atoms with Crippen molar-refractivity contribution in [2.24, 2.45) is 0 Å². The lowest BCUT2D eigenvalue weighted by Crippen LogP contribution is -1.99. The SMILES string of the molecule is Clc1ccccc1-n1nccc1-c1cccnc1. The smallest absolute Gasteiger partial charge is 0.0839 e.